The third-order valence-electron chi connectivity index (χ3n) is 3.47. The van der Waals surface area contributed by atoms with Gasteiger partial charge in [0.25, 0.3) is 0 Å². The predicted molar refractivity (Wildman–Crippen MR) is 90.1 cm³/mol. The minimum Gasteiger partial charge on any atom is -0.368 e. The number of primary amides is 1. The summed E-state index contributed by atoms with van der Waals surface area (Å²) in [5.74, 6) is -1.50. The molecule has 6 heteroatoms. The maximum atomic E-state index is 12.8. The summed E-state index contributed by atoms with van der Waals surface area (Å²) in [6.07, 6.45) is 0. The van der Waals surface area contributed by atoms with Gasteiger partial charge in [0.1, 0.15) is 5.54 Å². The highest BCUT2D eigenvalue weighted by Crippen LogP contribution is 2.41. The Bertz CT molecular complexity index is 592. The molecule has 0 spiro atoms. The van der Waals surface area contributed by atoms with Gasteiger partial charge in [-0.2, -0.15) is 0 Å². The van der Waals surface area contributed by atoms with Gasteiger partial charge >= 0.3 is 0 Å². The fourth-order valence-electron chi connectivity index (χ4n) is 2.19. The summed E-state index contributed by atoms with van der Waals surface area (Å²) in [5, 5.41) is 3.42. The predicted octanol–water partition coefficient (Wildman–Crippen LogP) is 3.50. The average molecular weight is 345 g/mol. The van der Waals surface area contributed by atoms with Crippen molar-refractivity contribution < 1.29 is 9.59 Å². The third kappa shape index (κ3) is 4.14. The molecule has 0 radical (unpaired) electrons. The van der Waals surface area contributed by atoms with E-state index in [0.717, 1.165) is 0 Å². The summed E-state index contributed by atoms with van der Waals surface area (Å²) >= 11 is 12.3. The smallest absolute Gasteiger partial charge is 0.242 e. The Morgan fingerprint density at radius 2 is 1.68 bits per heavy atom. The van der Waals surface area contributed by atoms with Crippen LogP contribution in [-0.4, -0.2) is 17.4 Å². The lowest BCUT2D eigenvalue weighted by atomic mass is 9.75. The molecule has 1 unspecified atom stereocenters. The fraction of sp³-hybridized carbons (Fsp3) is 0.500. The molecule has 0 aliphatic heterocycles. The zero-order chi connectivity index (χ0) is 17.3. The lowest BCUT2D eigenvalue weighted by Crippen LogP contribution is -2.55. The first kappa shape index (κ1) is 18.8. The lowest BCUT2D eigenvalue weighted by molar-refractivity contribution is -0.132. The minimum absolute atomic E-state index is 0.319. The average Bonchev–Trinajstić information content (AvgIpc) is 2.32. The normalized spacial score (nSPS) is 13.6. The monoisotopic (exact) mass is 344 g/mol. The van der Waals surface area contributed by atoms with Crippen molar-refractivity contribution in [2.45, 2.75) is 46.1 Å². The Kier molecular flexibility index (Phi) is 5.52. The van der Waals surface area contributed by atoms with Crippen molar-refractivity contribution in [3.63, 3.8) is 0 Å². The number of carbonyl (C=O) groups is 2. The van der Waals surface area contributed by atoms with Crippen LogP contribution in [0.2, 0.25) is 10.0 Å². The molecule has 0 fully saturated rings. The number of nitrogens with two attached hydrogens (primary N) is 1. The lowest BCUT2D eigenvalue weighted by Gasteiger charge is -2.33. The SMILES string of the molecule is CC(C)(NC(=O)C(c1cccc(Cl)c1Cl)C(C)(C)C)C(N)=O. The molecule has 0 saturated heterocycles. The van der Waals surface area contributed by atoms with Crippen molar-refractivity contribution in [3.05, 3.63) is 33.8 Å². The highest BCUT2D eigenvalue weighted by Gasteiger charge is 2.38. The molecule has 1 atom stereocenters. The van der Waals surface area contributed by atoms with Crippen LogP contribution in [-0.2, 0) is 9.59 Å². The minimum atomic E-state index is -1.15. The van der Waals surface area contributed by atoms with Crippen LogP contribution >= 0.6 is 23.2 Å². The van der Waals surface area contributed by atoms with Crippen LogP contribution < -0.4 is 11.1 Å². The van der Waals surface area contributed by atoms with E-state index in [1.165, 1.54) is 0 Å². The Morgan fingerprint density at radius 3 is 2.14 bits per heavy atom. The van der Waals surface area contributed by atoms with Gasteiger partial charge in [-0.15, -0.1) is 0 Å². The molecule has 122 valence electrons. The molecular weight excluding hydrogens is 323 g/mol. The Balaban J connectivity index is 3.29. The van der Waals surface area contributed by atoms with E-state index in [-0.39, 0.29) is 5.91 Å². The van der Waals surface area contributed by atoms with Crippen molar-refractivity contribution in [3.8, 4) is 0 Å². The van der Waals surface area contributed by atoms with Crippen molar-refractivity contribution in [2.75, 3.05) is 0 Å². The van der Waals surface area contributed by atoms with Gasteiger partial charge < -0.3 is 11.1 Å². The highest BCUT2D eigenvalue weighted by molar-refractivity contribution is 6.42. The second-order valence-electron chi connectivity index (χ2n) is 6.92. The molecule has 0 aliphatic rings. The molecule has 22 heavy (non-hydrogen) atoms. The van der Waals surface area contributed by atoms with E-state index in [1.807, 2.05) is 20.8 Å². The summed E-state index contributed by atoms with van der Waals surface area (Å²) < 4.78 is 0. The number of halogens is 2. The molecular formula is C16H22Cl2N2O2. The zero-order valence-corrected chi connectivity index (χ0v) is 15.0. The molecule has 0 bridgehead atoms. The first-order valence-electron chi connectivity index (χ1n) is 6.93. The standard InChI is InChI=1S/C16H22Cl2N2O2/c1-15(2,3)11(9-7-6-8-10(17)12(9)18)13(21)20-16(4,5)14(19)22/h6-8,11H,1-5H3,(H2,19,22)(H,20,21). The van der Waals surface area contributed by atoms with Crippen LogP contribution in [0.4, 0.5) is 0 Å². The molecule has 3 N–H and O–H groups in total. The zero-order valence-electron chi connectivity index (χ0n) is 13.5. The molecule has 0 heterocycles. The molecule has 1 aromatic carbocycles. The first-order valence-corrected chi connectivity index (χ1v) is 7.69. The maximum absolute atomic E-state index is 12.8. The van der Waals surface area contributed by atoms with Gasteiger partial charge in [-0.05, 0) is 30.9 Å². The summed E-state index contributed by atoms with van der Waals surface area (Å²) in [7, 11) is 0. The second kappa shape index (κ2) is 6.47. The summed E-state index contributed by atoms with van der Waals surface area (Å²) in [5.41, 5.74) is 4.37. The van der Waals surface area contributed by atoms with Gasteiger partial charge in [0.05, 0.1) is 16.0 Å². The van der Waals surface area contributed by atoms with Crippen molar-refractivity contribution in [1.82, 2.24) is 5.32 Å². The van der Waals surface area contributed by atoms with Crippen molar-refractivity contribution in [1.29, 1.82) is 0 Å². The summed E-state index contributed by atoms with van der Waals surface area (Å²) in [6.45, 7) is 8.89. The van der Waals surface area contributed by atoms with Gasteiger partial charge in [-0.3, -0.25) is 9.59 Å². The molecule has 4 nitrogen and oxygen atoms in total. The van der Waals surface area contributed by atoms with Gasteiger partial charge in [-0.25, -0.2) is 0 Å². The number of amides is 2. The van der Waals surface area contributed by atoms with E-state index < -0.39 is 22.8 Å². The Labute approximate surface area is 141 Å². The van der Waals surface area contributed by atoms with Crippen LogP contribution in [0.15, 0.2) is 18.2 Å². The molecule has 2 amide bonds. The summed E-state index contributed by atoms with van der Waals surface area (Å²) in [4.78, 5) is 24.2. The van der Waals surface area contributed by atoms with Gasteiger partial charge in [0, 0.05) is 0 Å². The van der Waals surface area contributed by atoms with Crippen LogP contribution in [0.5, 0.6) is 0 Å². The van der Waals surface area contributed by atoms with E-state index in [4.69, 9.17) is 28.9 Å². The van der Waals surface area contributed by atoms with Crippen molar-refractivity contribution >= 4 is 35.0 Å². The van der Waals surface area contributed by atoms with Gasteiger partial charge in [-0.1, -0.05) is 56.1 Å². The van der Waals surface area contributed by atoms with Gasteiger partial charge in [0.15, 0.2) is 0 Å². The van der Waals surface area contributed by atoms with Crippen LogP contribution in [0, 0.1) is 5.41 Å². The molecule has 0 saturated carbocycles. The summed E-state index contributed by atoms with van der Waals surface area (Å²) in [6, 6.07) is 5.17. The van der Waals surface area contributed by atoms with E-state index in [9.17, 15) is 9.59 Å². The number of benzene rings is 1. The van der Waals surface area contributed by atoms with Crippen LogP contribution in [0.1, 0.15) is 46.1 Å². The molecule has 1 rings (SSSR count). The number of rotatable bonds is 4. The van der Waals surface area contributed by atoms with Gasteiger partial charge in [0.2, 0.25) is 11.8 Å². The topological polar surface area (TPSA) is 72.2 Å². The van der Waals surface area contributed by atoms with E-state index in [0.29, 0.717) is 15.6 Å². The first-order chi connectivity index (χ1) is 9.88. The van der Waals surface area contributed by atoms with Crippen LogP contribution in [0.25, 0.3) is 0 Å². The third-order valence-corrected chi connectivity index (χ3v) is 4.31. The number of hydrogen-bond donors (Lipinski definition) is 2. The quantitative estimate of drug-likeness (QED) is 0.877. The number of hydrogen-bond acceptors (Lipinski definition) is 2. The second-order valence-corrected chi connectivity index (χ2v) is 7.71. The maximum Gasteiger partial charge on any atom is 0.242 e. The Hall–Kier alpha value is -1.26. The number of carbonyl (C=O) groups excluding carboxylic acids is 2. The molecule has 1 aromatic rings. The Morgan fingerprint density at radius 1 is 1.14 bits per heavy atom. The largest absolute Gasteiger partial charge is 0.368 e. The number of nitrogens with one attached hydrogen (secondary N) is 1. The van der Waals surface area contributed by atoms with Crippen LogP contribution in [0.3, 0.4) is 0 Å². The highest BCUT2D eigenvalue weighted by atomic mass is 35.5. The molecule has 0 aromatic heterocycles. The van der Waals surface area contributed by atoms with E-state index in [2.05, 4.69) is 5.32 Å². The van der Waals surface area contributed by atoms with E-state index in [1.54, 1.807) is 32.0 Å². The fourth-order valence-corrected chi connectivity index (χ4v) is 2.60. The molecule has 0 aliphatic carbocycles. The van der Waals surface area contributed by atoms with Crippen molar-refractivity contribution in [2.24, 2.45) is 11.1 Å². The van der Waals surface area contributed by atoms with E-state index >= 15 is 0 Å².